The van der Waals surface area contributed by atoms with Gasteiger partial charge in [-0.3, -0.25) is 4.79 Å². The van der Waals surface area contributed by atoms with E-state index in [-0.39, 0.29) is 5.78 Å². The summed E-state index contributed by atoms with van der Waals surface area (Å²) in [7, 11) is 0. The minimum atomic E-state index is 0.172. The highest BCUT2D eigenvalue weighted by Crippen LogP contribution is 2.17. The van der Waals surface area contributed by atoms with Gasteiger partial charge in [-0.05, 0) is 26.3 Å². The zero-order valence-electron chi connectivity index (χ0n) is 9.64. The van der Waals surface area contributed by atoms with Crippen molar-refractivity contribution < 1.29 is 4.79 Å². The van der Waals surface area contributed by atoms with E-state index in [4.69, 9.17) is 0 Å². The Morgan fingerprint density at radius 3 is 2.67 bits per heavy atom. The van der Waals surface area contributed by atoms with Crippen molar-refractivity contribution in [2.45, 2.75) is 40.2 Å². The molecule has 0 N–H and O–H groups in total. The third-order valence-electron chi connectivity index (χ3n) is 2.73. The SMILES string of the molecule is CCCCn1c(C)cc(C(=O)CBr)c1C. The highest BCUT2D eigenvalue weighted by Gasteiger charge is 2.13. The number of alkyl halides is 1. The maximum Gasteiger partial charge on any atom is 0.175 e. The van der Waals surface area contributed by atoms with Crippen LogP contribution in [0.25, 0.3) is 0 Å². The van der Waals surface area contributed by atoms with Gasteiger partial charge < -0.3 is 4.57 Å². The molecule has 3 heteroatoms. The minimum absolute atomic E-state index is 0.172. The van der Waals surface area contributed by atoms with Gasteiger partial charge in [-0.1, -0.05) is 29.3 Å². The topological polar surface area (TPSA) is 22.0 Å². The number of Topliss-reactive ketones (excluding diaryl/α,β-unsaturated/α-hetero) is 1. The molecule has 0 aliphatic heterocycles. The van der Waals surface area contributed by atoms with E-state index in [9.17, 15) is 4.79 Å². The fourth-order valence-corrected chi connectivity index (χ4v) is 2.12. The molecule has 0 aliphatic rings. The first-order valence-corrected chi connectivity index (χ1v) is 6.49. The van der Waals surface area contributed by atoms with Crippen LogP contribution in [0.4, 0.5) is 0 Å². The van der Waals surface area contributed by atoms with E-state index in [1.807, 2.05) is 13.0 Å². The Balaban J connectivity index is 2.98. The number of ketones is 1. The van der Waals surface area contributed by atoms with E-state index in [1.54, 1.807) is 0 Å². The summed E-state index contributed by atoms with van der Waals surface area (Å²) in [5, 5.41) is 0.408. The average molecular weight is 272 g/mol. The van der Waals surface area contributed by atoms with Gasteiger partial charge in [-0.15, -0.1) is 0 Å². The fraction of sp³-hybridized carbons (Fsp3) is 0.583. The Hall–Kier alpha value is -0.570. The Morgan fingerprint density at radius 2 is 2.13 bits per heavy atom. The number of rotatable bonds is 5. The van der Waals surface area contributed by atoms with Gasteiger partial charge >= 0.3 is 0 Å². The zero-order valence-corrected chi connectivity index (χ0v) is 11.2. The van der Waals surface area contributed by atoms with E-state index in [2.05, 4.69) is 34.3 Å². The molecule has 0 unspecified atom stereocenters. The Morgan fingerprint density at radius 1 is 1.47 bits per heavy atom. The van der Waals surface area contributed by atoms with Crippen molar-refractivity contribution in [3.63, 3.8) is 0 Å². The summed E-state index contributed by atoms with van der Waals surface area (Å²) >= 11 is 3.21. The first kappa shape index (κ1) is 12.5. The smallest absolute Gasteiger partial charge is 0.175 e. The van der Waals surface area contributed by atoms with Crippen molar-refractivity contribution in [2.24, 2.45) is 0 Å². The van der Waals surface area contributed by atoms with E-state index < -0.39 is 0 Å². The van der Waals surface area contributed by atoms with Crippen LogP contribution in [0.1, 0.15) is 41.5 Å². The van der Waals surface area contributed by atoms with Crippen molar-refractivity contribution >= 4 is 21.7 Å². The molecule has 0 bridgehead atoms. The van der Waals surface area contributed by atoms with Crippen LogP contribution in [0.3, 0.4) is 0 Å². The molecule has 0 saturated carbocycles. The van der Waals surface area contributed by atoms with Crippen LogP contribution in [0.2, 0.25) is 0 Å². The lowest BCUT2D eigenvalue weighted by Gasteiger charge is -2.08. The van der Waals surface area contributed by atoms with Crippen LogP contribution >= 0.6 is 15.9 Å². The monoisotopic (exact) mass is 271 g/mol. The summed E-state index contributed by atoms with van der Waals surface area (Å²) in [6, 6.07) is 1.99. The van der Waals surface area contributed by atoms with E-state index in [0.717, 1.165) is 24.2 Å². The first-order chi connectivity index (χ1) is 7.11. The second kappa shape index (κ2) is 5.50. The van der Waals surface area contributed by atoms with Crippen molar-refractivity contribution in [1.29, 1.82) is 0 Å². The van der Waals surface area contributed by atoms with Gasteiger partial charge in [0.15, 0.2) is 5.78 Å². The van der Waals surface area contributed by atoms with Crippen molar-refractivity contribution in [1.82, 2.24) is 4.57 Å². The third kappa shape index (κ3) is 2.71. The number of nitrogens with zero attached hydrogens (tertiary/aromatic N) is 1. The summed E-state index contributed by atoms with van der Waals surface area (Å²) in [6.45, 7) is 7.29. The van der Waals surface area contributed by atoms with Gasteiger partial charge in [0, 0.05) is 23.5 Å². The maximum absolute atomic E-state index is 11.6. The predicted molar refractivity (Wildman–Crippen MR) is 66.9 cm³/mol. The van der Waals surface area contributed by atoms with Crippen molar-refractivity contribution in [2.75, 3.05) is 5.33 Å². The second-order valence-electron chi connectivity index (χ2n) is 3.85. The number of unbranched alkanes of at least 4 members (excludes halogenated alkanes) is 1. The summed E-state index contributed by atoms with van der Waals surface area (Å²) in [5.74, 6) is 0.172. The number of carbonyl (C=O) groups excluding carboxylic acids is 1. The Labute approximate surface area is 99.8 Å². The van der Waals surface area contributed by atoms with Crippen LogP contribution in [-0.2, 0) is 6.54 Å². The molecule has 0 amide bonds. The normalized spacial score (nSPS) is 10.7. The molecule has 0 aromatic carbocycles. The highest BCUT2D eigenvalue weighted by atomic mass is 79.9. The molecule has 0 aliphatic carbocycles. The molecule has 2 nitrogen and oxygen atoms in total. The van der Waals surface area contributed by atoms with Gasteiger partial charge in [0.05, 0.1) is 5.33 Å². The number of aryl methyl sites for hydroxylation is 1. The largest absolute Gasteiger partial charge is 0.348 e. The van der Waals surface area contributed by atoms with Gasteiger partial charge in [0.25, 0.3) is 0 Å². The third-order valence-corrected chi connectivity index (χ3v) is 3.24. The molecule has 84 valence electrons. The van der Waals surface area contributed by atoms with E-state index in [1.165, 1.54) is 12.1 Å². The summed E-state index contributed by atoms with van der Waals surface area (Å²) < 4.78 is 2.24. The molecule has 1 aromatic rings. The van der Waals surface area contributed by atoms with Crippen LogP contribution in [-0.4, -0.2) is 15.7 Å². The summed E-state index contributed by atoms with van der Waals surface area (Å²) in [4.78, 5) is 11.6. The molecule has 1 rings (SSSR count). The maximum atomic E-state index is 11.6. The molecular weight excluding hydrogens is 254 g/mol. The van der Waals surface area contributed by atoms with Crippen molar-refractivity contribution in [3.8, 4) is 0 Å². The number of hydrogen-bond donors (Lipinski definition) is 0. The average Bonchev–Trinajstić information content (AvgIpc) is 2.51. The van der Waals surface area contributed by atoms with Crippen LogP contribution in [0, 0.1) is 13.8 Å². The van der Waals surface area contributed by atoms with E-state index in [0.29, 0.717) is 5.33 Å². The van der Waals surface area contributed by atoms with Crippen molar-refractivity contribution in [3.05, 3.63) is 23.0 Å². The molecule has 0 radical (unpaired) electrons. The van der Waals surface area contributed by atoms with Gasteiger partial charge in [0.1, 0.15) is 0 Å². The lowest BCUT2D eigenvalue weighted by molar-refractivity contribution is 0.102. The van der Waals surface area contributed by atoms with Gasteiger partial charge in [-0.25, -0.2) is 0 Å². The molecule has 15 heavy (non-hydrogen) atoms. The molecule has 1 aromatic heterocycles. The lowest BCUT2D eigenvalue weighted by Crippen LogP contribution is -2.05. The number of halogens is 1. The molecule has 1 heterocycles. The Bertz CT molecular complexity index is 355. The standard InChI is InChI=1S/C12H18BrNO/c1-4-5-6-14-9(2)7-11(10(14)3)12(15)8-13/h7H,4-6,8H2,1-3H3. The molecule has 0 spiro atoms. The lowest BCUT2D eigenvalue weighted by atomic mass is 10.2. The number of carbonyl (C=O) groups is 1. The molecule has 0 saturated heterocycles. The first-order valence-electron chi connectivity index (χ1n) is 5.37. The summed E-state index contributed by atoms with van der Waals surface area (Å²) in [6.07, 6.45) is 2.34. The zero-order chi connectivity index (χ0) is 11.4. The molecule has 0 fully saturated rings. The predicted octanol–water partition coefficient (Wildman–Crippen LogP) is 3.48. The quantitative estimate of drug-likeness (QED) is 0.594. The second-order valence-corrected chi connectivity index (χ2v) is 4.41. The highest BCUT2D eigenvalue weighted by molar-refractivity contribution is 9.09. The van der Waals surface area contributed by atoms with Crippen LogP contribution in [0.5, 0.6) is 0 Å². The van der Waals surface area contributed by atoms with Crippen LogP contribution in [0.15, 0.2) is 6.07 Å². The van der Waals surface area contributed by atoms with Gasteiger partial charge in [-0.2, -0.15) is 0 Å². The number of hydrogen-bond acceptors (Lipinski definition) is 1. The van der Waals surface area contributed by atoms with E-state index >= 15 is 0 Å². The summed E-state index contributed by atoms with van der Waals surface area (Å²) in [5.41, 5.74) is 3.15. The molecular formula is C12H18BrNO. The molecule has 0 atom stereocenters. The van der Waals surface area contributed by atoms with Gasteiger partial charge in [0.2, 0.25) is 0 Å². The fourth-order valence-electron chi connectivity index (χ4n) is 1.82. The minimum Gasteiger partial charge on any atom is -0.348 e. The number of aromatic nitrogens is 1. The Kier molecular flexibility index (Phi) is 4.58. The van der Waals surface area contributed by atoms with Crippen LogP contribution < -0.4 is 0 Å².